The number of nitrogens with zero attached hydrogens (tertiary/aromatic N) is 3. The molecule has 0 aliphatic heterocycles. The van der Waals surface area contributed by atoms with E-state index in [9.17, 15) is 9.59 Å². The average Bonchev–Trinajstić information content (AvgIpc) is 2.73. The van der Waals surface area contributed by atoms with E-state index in [-0.39, 0.29) is 11.5 Å². The van der Waals surface area contributed by atoms with Gasteiger partial charge in [0, 0.05) is 24.5 Å². The molecule has 6 nitrogen and oxygen atoms in total. The van der Waals surface area contributed by atoms with E-state index in [0.717, 1.165) is 11.3 Å². The lowest BCUT2D eigenvalue weighted by atomic mass is 10.1. The standard InChI is InChI=1S/C21H16N4O2/c26-20(23-13-15-5-4-10-22-12-15)16-8-9-18-19(11-16)24-14-25(21(18)27)17-6-2-1-3-7-17/h1-12,14H,13H2,(H,23,26). The average molecular weight is 356 g/mol. The van der Waals surface area contributed by atoms with Crippen molar-refractivity contribution in [2.75, 3.05) is 0 Å². The third kappa shape index (κ3) is 3.46. The van der Waals surface area contributed by atoms with Crippen molar-refractivity contribution in [3.8, 4) is 5.69 Å². The Morgan fingerprint density at radius 1 is 1.04 bits per heavy atom. The Labute approximate surface area is 155 Å². The van der Waals surface area contributed by atoms with Crippen LogP contribution in [0, 0.1) is 0 Å². The Kier molecular flexibility index (Phi) is 4.45. The topological polar surface area (TPSA) is 76.9 Å². The first-order valence-corrected chi connectivity index (χ1v) is 8.46. The van der Waals surface area contributed by atoms with Gasteiger partial charge in [-0.15, -0.1) is 0 Å². The maximum Gasteiger partial charge on any atom is 0.265 e. The number of fused-ring (bicyclic) bond motifs is 1. The monoisotopic (exact) mass is 356 g/mol. The predicted octanol–water partition coefficient (Wildman–Crippen LogP) is 2.71. The number of hydrogen-bond acceptors (Lipinski definition) is 4. The molecule has 0 unspecified atom stereocenters. The van der Waals surface area contributed by atoms with E-state index in [0.29, 0.717) is 23.0 Å². The maximum absolute atomic E-state index is 12.7. The van der Waals surface area contributed by atoms with E-state index in [1.54, 1.807) is 30.6 Å². The smallest absolute Gasteiger partial charge is 0.265 e. The van der Waals surface area contributed by atoms with Crippen molar-refractivity contribution in [1.82, 2.24) is 19.9 Å². The number of hydrogen-bond donors (Lipinski definition) is 1. The van der Waals surface area contributed by atoms with Gasteiger partial charge in [0.15, 0.2) is 0 Å². The van der Waals surface area contributed by atoms with Crippen LogP contribution in [-0.4, -0.2) is 20.4 Å². The van der Waals surface area contributed by atoms with Gasteiger partial charge in [-0.3, -0.25) is 19.1 Å². The van der Waals surface area contributed by atoms with Crippen LogP contribution >= 0.6 is 0 Å². The molecule has 0 spiro atoms. The van der Waals surface area contributed by atoms with Crippen LogP contribution in [0.25, 0.3) is 16.6 Å². The number of nitrogens with one attached hydrogen (secondary N) is 1. The Bertz CT molecular complexity index is 1160. The third-order valence-corrected chi connectivity index (χ3v) is 4.23. The molecule has 0 fully saturated rings. The second kappa shape index (κ2) is 7.21. The first-order chi connectivity index (χ1) is 13.2. The molecule has 4 aromatic rings. The number of carbonyl (C=O) groups is 1. The zero-order valence-corrected chi connectivity index (χ0v) is 14.4. The molecule has 1 N–H and O–H groups in total. The summed E-state index contributed by atoms with van der Waals surface area (Å²) < 4.78 is 1.49. The highest BCUT2D eigenvalue weighted by atomic mass is 16.1. The van der Waals surface area contributed by atoms with Crippen molar-refractivity contribution in [3.05, 3.63) is 101 Å². The van der Waals surface area contributed by atoms with E-state index in [2.05, 4.69) is 15.3 Å². The Morgan fingerprint density at radius 2 is 1.89 bits per heavy atom. The Hall–Kier alpha value is -3.80. The van der Waals surface area contributed by atoms with Gasteiger partial charge in [-0.1, -0.05) is 24.3 Å². The summed E-state index contributed by atoms with van der Waals surface area (Å²) in [5.41, 5.74) is 2.43. The summed E-state index contributed by atoms with van der Waals surface area (Å²) in [5, 5.41) is 3.30. The van der Waals surface area contributed by atoms with Crippen LogP contribution < -0.4 is 10.9 Å². The molecule has 0 aliphatic rings. The zero-order chi connectivity index (χ0) is 18.6. The fourth-order valence-corrected chi connectivity index (χ4v) is 2.82. The highest BCUT2D eigenvalue weighted by Gasteiger charge is 2.10. The normalized spacial score (nSPS) is 10.7. The van der Waals surface area contributed by atoms with Gasteiger partial charge in [0.2, 0.25) is 0 Å². The second-order valence-corrected chi connectivity index (χ2v) is 6.03. The number of carbonyl (C=O) groups excluding carboxylic acids is 1. The molecular weight excluding hydrogens is 340 g/mol. The number of aromatic nitrogens is 3. The minimum Gasteiger partial charge on any atom is -0.348 e. The van der Waals surface area contributed by atoms with Crippen LogP contribution in [0.2, 0.25) is 0 Å². The van der Waals surface area contributed by atoms with Crippen LogP contribution in [-0.2, 0) is 6.54 Å². The van der Waals surface area contributed by atoms with E-state index >= 15 is 0 Å². The number of pyridine rings is 1. The van der Waals surface area contributed by atoms with Crippen molar-refractivity contribution < 1.29 is 4.79 Å². The highest BCUT2D eigenvalue weighted by molar-refractivity contribution is 5.97. The first kappa shape index (κ1) is 16.7. The molecule has 0 radical (unpaired) electrons. The summed E-state index contributed by atoms with van der Waals surface area (Å²) in [6.45, 7) is 0.383. The van der Waals surface area contributed by atoms with Gasteiger partial charge in [-0.25, -0.2) is 4.98 Å². The molecule has 4 rings (SSSR count). The largest absolute Gasteiger partial charge is 0.348 e. The quantitative estimate of drug-likeness (QED) is 0.610. The number of para-hydroxylation sites is 1. The molecule has 27 heavy (non-hydrogen) atoms. The fourth-order valence-electron chi connectivity index (χ4n) is 2.82. The third-order valence-electron chi connectivity index (χ3n) is 4.23. The van der Waals surface area contributed by atoms with Gasteiger partial charge in [-0.2, -0.15) is 0 Å². The molecular formula is C21H16N4O2. The molecule has 0 saturated heterocycles. The van der Waals surface area contributed by atoms with Gasteiger partial charge < -0.3 is 5.32 Å². The van der Waals surface area contributed by atoms with E-state index in [4.69, 9.17) is 0 Å². The summed E-state index contributed by atoms with van der Waals surface area (Å²) in [6.07, 6.45) is 4.87. The molecule has 0 aliphatic carbocycles. The van der Waals surface area contributed by atoms with Gasteiger partial charge >= 0.3 is 0 Å². The molecule has 6 heteroatoms. The molecule has 1 amide bonds. The van der Waals surface area contributed by atoms with Gasteiger partial charge in [-0.05, 0) is 42.0 Å². The first-order valence-electron chi connectivity index (χ1n) is 8.46. The number of rotatable bonds is 4. The number of amides is 1. The summed E-state index contributed by atoms with van der Waals surface area (Å²) >= 11 is 0. The minimum atomic E-state index is -0.227. The summed E-state index contributed by atoms with van der Waals surface area (Å²) in [4.78, 5) is 33.5. The maximum atomic E-state index is 12.7. The van der Waals surface area contributed by atoms with E-state index < -0.39 is 0 Å². The van der Waals surface area contributed by atoms with Crippen molar-refractivity contribution in [3.63, 3.8) is 0 Å². The van der Waals surface area contributed by atoms with Gasteiger partial charge in [0.25, 0.3) is 11.5 Å². The molecule has 0 saturated carbocycles. The number of benzene rings is 2. The van der Waals surface area contributed by atoms with Crippen molar-refractivity contribution >= 4 is 16.8 Å². The molecule has 2 aromatic carbocycles. The zero-order valence-electron chi connectivity index (χ0n) is 14.4. The van der Waals surface area contributed by atoms with Crippen molar-refractivity contribution in [2.24, 2.45) is 0 Å². The van der Waals surface area contributed by atoms with Crippen LogP contribution in [0.1, 0.15) is 15.9 Å². The highest BCUT2D eigenvalue weighted by Crippen LogP contribution is 2.12. The van der Waals surface area contributed by atoms with Crippen molar-refractivity contribution in [2.45, 2.75) is 6.54 Å². The lowest BCUT2D eigenvalue weighted by molar-refractivity contribution is 0.0951. The predicted molar refractivity (Wildman–Crippen MR) is 103 cm³/mol. The summed E-state index contributed by atoms with van der Waals surface area (Å²) in [6, 6.07) is 17.9. The second-order valence-electron chi connectivity index (χ2n) is 6.03. The molecule has 0 bridgehead atoms. The van der Waals surface area contributed by atoms with Crippen molar-refractivity contribution in [1.29, 1.82) is 0 Å². The van der Waals surface area contributed by atoms with E-state index in [1.807, 2.05) is 42.5 Å². The van der Waals surface area contributed by atoms with Crippen LogP contribution in [0.3, 0.4) is 0 Å². The molecule has 0 atom stereocenters. The van der Waals surface area contributed by atoms with Gasteiger partial charge in [0.1, 0.15) is 6.33 Å². The molecule has 2 aromatic heterocycles. The SMILES string of the molecule is O=C(NCc1cccnc1)c1ccc2c(=O)n(-c3ccccc3)cnc2c1. The summed E-state index contributed by atoms with van der Waals surface area (Å²) in [5.74, 6) is -0.227. The van der Waals surface area contributed by atoms with Crippen LogP contribution in [0.4, 0.5) is 0 Å². The van der Waals surface area contributed by atoms with Crippen LogP contribution in [0.5, 0.6) is 0 Å². The lowest BCUT2D eigenvalue weighted by Crippen LogP contribution is -2.23. The Balaban J connectivity index is 1.61. The lowest BCUT2D eigenvalue weighted by Gasteiger charge is -2.08. The molecule has 132 valence electrons. The van der Waals surface area contributed by atoms with Crippen LogP contribution in [0.15, 0.2) is 84.2 Å². The minimum absolute atomic E-state index is 0.173. The fraction of sp³-hybridized carbons (Fsp3) is 0.0476. The summed E-state index contributed by atoms with van der Waals surface area (Å²) in [7, 11) is 0. The van der Waals surface area contributed by atoms with E-state index in [1.165, 1.54) is 10.9 Å². The molecule has 2 heterocycles. The van der Waals surface area contributed by atoms with Gasteiger partial charge in [0.05, 0.1) is 16.6 Å². The Morgan fingerprint density at radius 3 is 2.67 bits per heavy atom.